The molecule has 2 rings (SSSR count). The van der Waals surface area contributed by atoms with Crippen LogP contribution < -0.4 is 10.1 Å². The highest BCUT2D eigenvalue weighted by Crippen LogP contribution is 2.27. The fourth-order valence-electron chi connectivity index (χ4n) is 1.46. The lowest BCUT2D eigenvalue weighted by Gasteiger charge is -2.08. The molecule has 1 fully saturated rings. The fourth-order valence-corrected chi connectivity index (χ4v) is 1.70. The van der Waals surface area contributed by atoms with Gasteiger partial charge in [0.05, 0.1) is 16.7 Å². The fraction of sp³-hybridized carbons (Fsp3) is 0.385. The molecular formula is C13H13ClN2O2. The van der Waals surface area contributed by atoms with Crippen molar-refractivity contribution in [1.82, 2.24) is 5.32 Å². The Morgan fingerprint density at radius 2 is 2.33 bits per heavy atom. The molecule has 0 bridgehead atoms. The first kappa shape index (κ1) is 12.7. The van der Waals surface area contributed by atoms with Crippen LogP contribution in [0.5, 0.6) is 5.75 Å². The van der Waals surface area contributed by atoms with Gasteiger partial charge in [0, 0.05) is 6.54 Å². The topological polar surface area (TPSA) is 62.1 Å². The highest BCUT2D eigenvalue weighted by molar-refractivity contribution is 6.32. The Morgan fingerprint density at radius 3 is 2.94 bits per heavy atom. The number of carbonyl (C=O) groups excluding carboxylic acids is 1. The van der Waals surface area contributed by atoms with E-state index in [4.69, 9.17) is 21.6 Å². The van der Waals surface area contributed by atoms with Gasteiger partial charge in [0.1, 0.15) is 5.75 Å². The Morgan fingerprint density at radius 1 is 1.56 bits per heavy atom. The van der Waals surface area contributed by atoms with Crippen molar-refractivity contribution in [2.24, 2.45) is 5.92 Å². The summed E-state index contributed by atoms with van der Waals surface area (Å²) in [6.45, 7) is 0.668. The summed E-state index contributed by atoms with van der Waals surface area (Å²) in [5.74, 6) is 0.909. The quantitative estimate of drug-likeness (QED) is 0.886. The Balaban J connectivity index is 1.81. The molecule has 0 saturated heterocycles. The van der Waals surface area contributed by atoms with Crippen molar-refractivity contribution in [2.45, 2.75) is 12.8 Å². The molecule has 4 nitrogen and oxygen atoms in total. The Bertz CT molecular complexity index is 492. The monoisotopic (exact) mass is 264 g/mol. The lowest BCUT2D eigenvalue weighted by atomic mass is 10.2. The highest BCUT2D eigenvalue weighted by Gasteiger charge is 2.21. The number of nitrogens with zero attached hydrogens (tertiary/aromatic N) is 1. The van der Waals surface area contributed by atoms with Crippen LogP contribution in [0, 0.1) is 17.2 Å². The number of nitrogens with one attached hydrogen (secondary N) is 1. The molecule has 0 unspecified atom stereocenters. The van der Waals surface area contributed by atoms with Crippen molar-refractivity contribution >= 4 is 17.5 Å². The zero-order valence-corrected chi connectivity index (χ0v) is 10.5. The van der Waals surface area contributed by atoms with Crippen molar-refractivity contribution < 1.29 is 9.53 Å². The zero-order valence-electron chi connectivity index (χ0n) is 9.78. The van der Waals surface area contributed by atoms with Crippen molar-refractivity contribution in [3.8, 4) is 11.8 Å². The van der Waals surface area contributed by atoms with Crippen molar-refractivity contribution in [1.29, 1.82) is 5.26 Å². The number of hydrogen-bond donors (Lipinski definition) is 1. The summed E-state index contributed by atoms with van der Waals surface area (Å²) in [6, 6.07) is 6.69. The summed E-state index contributed by atoms with van der Waals surface area (Å²) in [7, 11) is 0. The predicted molar refractivity (Wildman–Crippen MR) is 67.4 cm³/mol. The first-order chi connectivity index (χ1) is 8.69. The highest BCUT2D eigenvalue weighted by atomic mass is 35.5. The maximum Gasteiger partial charge on any atom is 0.257 e. The van der Waals surface area contributed by atoms with Crippen LogP contribution in [0.1, 0.15) is 18.4 Å². The summed E-state index contributed by atoms with van der Waals surface area (Å²) in [5, 5.41) is 11.8. The minimum Gasteiger partial charge on any atom is -0.482 e. The van der Waals surface area contributed by atoms with Gasteiger partial charge in [-0.05, 0) is 37.0 Å². The minimum atomic E-state index is -0.151. The van der Waals surface area contributed by atoms with Crippen LogP contribution in [-0.4, -0.2) is 19.1 Å². The standard InChI is InChI=1S/C13H13ClN2O2/c14-11-5-10(6-15)3-4-12(11)18-8-13(17)16-7-9-1-2-9/h3-5,9H,1-2,7-8H2,(H,16,17). The number of benzene rings is 1. The number of amides is 1. The number of halogens is 1. The molecule has 1 aliphatic carbocycles. The first-order valence-electron chi connectivity index (χ1n) is 5.78. The number of rotatable bonds is 5. The van der Waals surface area contributed by atoms with Gasteiger partial charge >= 0.3 is 0 Å². The van der Waals surface area contributed by atoms with Crippen LogP contribution >= 0.6 is 11.6 Å². The van der Waals surface area contributed by atoms with Crippen LogP contribution in [0.2, 0.25) is 5.02 Å². The Kier molecular flexibility index (Phi) is 4.06. The zero-order chi connectivity index (χ0) is 13.0. The molecule has 1 aromatic rings. The molecule has 94 valence electrons. The molecule has 1 amide bonds. The average Bonchev–Trinajstić information content (AvgIpc) is 3.18. The summed E-state index contributed by atoms with van der Waals surface area (Å²) in [4.78, 5) is 11.5. The minimum absolute atomic E-state index is 0.0572. The molecule has 1 saturated carbocycles. The normalized spacial score (nSPS) is 13.8. The second-order valence-electron chi connectivity index (χ2n) is 4.29. The van der Waals surface area contributed by atoms with E-state index in [9.17, 15) is 4.79 Å². The number of ether oxygens (including phenoxy) is 1. The maximum absolute atomic E-state index is 11.5. The lowest BCUT2D eigenvalue weighted by molar-refractivity contribution is -0.123. The predicted octanol–water partition coefficient (Wildman–Crippen LogP) is 2.12. The summed E-state index contributed by atoms with van der Waals surface area (Å²) < 4.78 is 5.30. The van der Waals surface area contributed by atoms with Gasteiger partial charge < -0.3 is 10.1 Å². The molecule has 5 heteroatoms. The van der Waals surface area contributed by atoms with Crippen molar-refractivity contribution in [2.75, 3.05) is 13.2 Å². The molecular weight excluding hydrogens is 252 g/mol. The van der Waals surface area contributed by atoms with Gasteiger partial charge in [-0.15, -0.1) is 0 Å². The van der Waals surface area contributed by atoms with Crippen LogP contribution in [0.15, 0.2) is 18.2 Å². The molecule has 18 heavy (non-hydrogen) atoms. The molecule has 1 aliphatic rings. The molecule has 1 aromatic carbocycles. The van der Waals surface area contributed by atoms with E-state index in [1.807, 2.05) is 6.07 Å². The van der Waals surface area contributed by atoms with Crippen LogP contribution in [0.4, 0.5) is 0 Å². The van der Waals surface area contributed by atoms with E-state index in [2.05, 4.69) is 5.32 Å². The lowest BCUT2D eigenvalue weighted by Crippen LogP contribution is -2.30. The molecule has 0 aromatic heterocycles. The summed E-state index contributed by atoms with van der Waals surface area (Å²) >= 11 is 5.92. The Hall–Kier alpha value is -1.73. The third kappa shape index (κ3) is 3.64. The third-order valence-corrected chi connectivity index (χ3v) is 3.00. The van der Waals surface area contributed by atoms with Gasteiger partial charge in [0.15, 0.2) is 6.61 Å². The van der Waals surface area contributed by atoms with E-state index < -0.39 is 0 Å². The van der Waals surface area contributed by atoms with Gasteiger partial charge in [0.2, 0.25) is 0 Å². The van der Waals surface area contributed by atoms with Gasteiger partial charge in [-0.25, -0.2) is 0 Å². The molecule has 1 N–H and O–H groups in total. The van der Waals surface area contributed by atoms with E-state index in [-0.39, 0.29) is 12.5 Å². The summed E-state index contributed by atoms with van der Waals surface area (Å²) in [6.07, 6.45) is 2.39. The largest absolute Gasteiger partial charge is 0.482 e. The molecule has 0 aliphatic heterocycles. The van der Waals surface area contributed by atoms with E-state index in [1.54, 1.807) is 12.1 Å². The molecule has 0 spiro atoms. The second kappa shape index (κ2) is 5.74. The van der Waals surface area contributed by atoms with Gasteiger partial charge in [-0.2, -0.15) is 5.26 Å². The molecule has 0 heterocycles. The molecule has 0 atom stereocenters. The maximum atomic E-state index is 11.5. The SMILES string of the molecule is N#Cc1ccc(OCC(=O)NCC2CC2)c(Cl)c1. The molecule has 0 radical (unpaired) electrons. The first-order valence-corrected chi connectivity index (χ1v) is 6.16. The van der Waals surface area contributed by atoms with E-state index in [1.165, 1.54) is 18.9 Å². The number of nitriles is 1. The van der Waals surface area contributed by atoms with Crippen molar-refractivity contribution in [3.63, 3.8) is 0 Å². The van der Waals surface area contributed by atoms with Crippen LogP contribution in [-0.2, 0) is 4.79 Å². The number of carbonyl (C=O) groups is 1. The van der Waals surface area contributed by atoms with E-state index >= 15 is 0 Å². The van der Waals surface area contributed by atoms with E-state index in [0.29, 0.717) is 22.3 Å². The Labute approximate surface area is 111 Å². The van der Waals surface area contributed by atoms with Crippen LogP contribution in [0.3, 0.4) is 0 Å². The van der Waals surface area contributed by atoms with E-state index in [0.717, 1.165) is 6.54 Å². The average molecular weight is 265 g/mol. The summed E-state index contributed by atoms with van der Waals surface area (Å²) in [5.41, 5.74) is 0.463. The third-order valence-electron chi connectivity index (χ3n) is 2.70. The van der Waals surface area contributed by atoms with Gasteiger partial charge in [-0.3, -0.25) is 4.79 Å². The van der Waals surface area contributed by atoms with Gasteiger partial charge in [0.25, 0.3) is 5.91 Å². The van der Waals surface area contributed by atoms with Gasteiger partial charge in [-0.1, -0.05) is 11.6 Å². The van der Waals surface area contributed by atoms with Crippen molar-refractivity contribution in [3.05, 3.63) is 28.8 Å². The second-order valence-corrected chi connectivity index (χ2v) is 4.70. The smallest absolute Gasteiger partial charge is 0.257 e. The number of hydrogen-bond acceptors (Lipinski definition) is 3. The van der Waals surface area contributed by atoms with Crippen LogP contribution in [0.25, 0.3) is 0 Å².